The van der Waals surface area contributed by atoms with Gasteiger partial charge in [-0.05, 0) is 6.42 Å². The van der Waals surface area contributed by atoms with E-state index in [1.165, 1.54) is 29.6 Å². The maximum Gasteiger partial charge on any atom is 0.157 e. The van der Waals surface area contributed by atoms with Gasteiger partial charge in [-0.1, -0.05) is 36.5 Å². The van der Waals surface area contributed by atoms with Crippen molar-refractivity contribution in [1.82, 2.24) is 0 Å². The number of aliphatic hydroxyl groups is 4. The minimum atomic E-state index is -0.982. The van der Waals surface area contributed by atoms with Crippen LogP contribution in [0.2, 0.25) is 0 Å². The van der Waals surface area contributed by atoms with E-state index in [0.717, 1.165) is 0 Å². The Kier molecular flexibility index (Phi) is 6.92. The molecule has 4 rings (SSSR count). The van der Waals surface area contributed by atoms with Crippen LogP contribution in [0.4, 0.5) is 0 Å². The van der Waals surface area contributed by atoms with E-state index in [0.29, 0.717) is 16.8 Å². The van der Waals surface area contributed by atoms with Crippen LogP contribution in [0.3, 0.4) is 0 Å². The fraction of sp³-hybridized carbons (Fsp3) is 0.750. The summed E-state index contributed by atoms with van der Waals surface area (Å²) in [5.41, 5.74) is 10.5. The molecule has 0 saturated carbocycles. The lowest BCUT2D eigenvalue weighted by molar-refractivity contribution is -0.153. The number of fused-ring (bicyclic) bond motifs is 2. The first-order valence-electron chi connectivity index (χ1n) is 8.92. The first-order chi connectivity index (χ1) is 13.3. The molecule has 0 radical (unpaired) electrons. The summed E-state index contributed by atoms with van der Waals surface area (Å²) in [6.45, 7) is 5.44. The molecule has 28 heavy (non-hydrogen) atoms. The van der Waals surface area contributed by atoms with Crippen molar-refractivity contribution in [1.29, 1.82) is 0 Å². The van der Waals surface area contributed by atoms with Crippen LogP contribution in [0, 0.1) is 0 Å². The third kappa shape index (κ3) is 4.19. The Balaban J connectivity index is 0.000000161. The van der Waals surface area contributed by atoms with Crippen LogP contribution in [-0.2, 0) is 9.47 Å². The standard InChI is InChI=1S/C8H14N2O3S.C8H12N2O3S/c2*1-2-3-5(11)6(12)4-7(13-3)14-8(9)10-4/h3-7,11-12H,2H2,1H3,(H2,9,10);2-7,11-12H,1H2,(H2,9,10)/t2*3-,4-,5-,6-,7-/m11/s1. The summed E-state index contributed by atoms with van der Waals surface area (Å²) in [4.78, 5) is 8.03. The number of ether oxygens (including phenoxy) is 2. The van der Waals surface area contributed by atoms with E-state index in [1.807, 2.05) is 6.92 Å². The molecule has 0 aromatic carbocycles. The highest BCUT2D eigenvalue weighted by atomic mass is 32.2. The number of aliphatic imine (C=N–C) groups is 2. The molecule has 10 nitrogen and oxygen atoms in total. The van der Waals surface area contributed by atoms with Gasteiger partial charge in [-0.2, -0.15) is 0 Å². The lowest BCUT2D eigenvalue weighted by Crippen LogP contribution is -2.54. The number of amidine groups is 2. The second kappa shape index (κ2) is 8.88. The molecule has 0 aromatic heterocycles. The molecule has 158 valence electrons. The summed E-state index contributed by atoms with van der Waals surface area (Å²) in [5, 5.41) is 39.6. The average molecular weight is 435 g/mol. The molecule has 0 aromatic rings. The van der Waals surface area contributed by atoms with Gasteiger partial charge in [0.05, 0.1) is 6.10 Å². The van der Waals surface area contributed by atoms with Crippen LogP contribution in [0.15, 0.2) is 22.6 Å². The topological polar surface area (TPSA) is 176 Å². The fourth-order valence-electron chi connectivity index (χ4n) is 3.38. The number of aliphatic hydroxyl groups excluding tert-OH is 4. The van der Waals surface area contributed by atoms with Gasteiger partial charge in [-0.15, -0.1) is 6.58 Å². The fourth-order valence-corrected chi connectivity index (χ4v) is 5.33. The van der Waals surface area contributed by atoms with Gasteiger partial charge in [0.1, 0.15) is 53.5 Å². The van der Waals surface area contributed by atoms with E-state index in [9.17, 15) is 20.4 Å². The van der Waals surface area contributed by atoms with Gasteiger partial charge in [0, 0.05) is 0 Å². The normalized spacial score (nSPS) is 47.2. The quantitative estimate of drug-likeness (QED) is 0.275. The highest BCUT2D eigenvalue weighted by Crippen LogP contribution is 2.36. The Morgan fingerprint density at radius 1 is 0.929 bits per heavy atom. The maximum atomic E-state index is 9.76. The van der Waals surface area contributed by atoms with Crippen LogP contribution in [-0.4, -0.2) is 90.3 Å². The number of thioether (sulfide) groups is 2. The second-order valence-corrected chi connectivity index (χ2v) is 9.01. The molecule has 4 aliphatic heterocycles. The molecule has 8 N–H and O–H groups in total. The second-order valence-electron chi connectivity index (χ2n) is 6.77. The van der Waals surface area contributed by atoms with E-state index in [2.05, 4.69) is 16.6 Å². The largest absolute Gasteiger partial charge is 0.388 e. The summed E-state index contributed by atoms with van der Waals surface area (Å²) < 4.78 is 11.0. The van der Waals surface area contributed by atoms with Crippen LogP contribution in [0.5, 0.6) is 0 Å². The Hall–Kier alpha value is -0.860. The third-order valence-corrected chi connectivity index (χ3v) is 6.87. The SMILES string of the molecule is C=C[C@H]1O[C@@H]2SC(N)=N[C@@H]2[C@@H](O)[C@@H]1O.CC[C@H]1O[C@@H]2SC(N)=N[C@@H]2[C@@H](O)[C@@H]1O. The Morgan fingerprint density at radius 3 is 1.93 bits per heavy atom. The summed E-state index contributed by atoms with van der Waals surface area (Å²) in [7, 11) is 0. The number of nitrogens with two attached hydrogens (primary N) is 2. The number of rotatable bonds is 2. The molecule has 0 amide bonds. The number of hydrogen-bond donors (Lipinski definition) is 6. The van der Waals surface area contributed by atoms with Gasteiger partial charge < -0.3 is 41.4 Å². The third-order valence-electron chi connectivity index (χ3n) is 4.94. The predicted octanol–water partition coefficient (Wildman–Crippen LogP) is -1.68. The van der Waals surface area contributed by atoms with Gasteiger partial charge in [0.25, 0.3) is 0 Å². The highest BCUT2D eigenvalue weighted by molar-refractivity contribution is 8.14. The van der Waals surface area contributed by atoms with E-state index in [-0.39, 0.29) is 17.0 Å². The maximum absolute atomic E-state index is 9.76. The Morgan fingerprint density at radius 2 is 1.43 bits per heavy atom. The van der Waals surface area contributed by atoms with Crippen molar-refractivity contribution >= 4 is 33.9 Å². The van der Waals surface area contributed by atoms with E-state index < -0.39 is 42.6 Å². The van der Waals surface area contributed by atoms with Gasteiger partial charge in [-0.25, -0.2) is 0 Å². The molecule has 4 aliphatic rings. The molecule has 2 saturated heterocycles. The lowest BCUT2D eigenvalue weighted by Gasteiger charge is -2.37. The van der Waals surface area contributed by atoms with Crippen LogP contribution in [0.25, 0.3) is 0 Å². The molecule has 0 aliphatic carbocycles. The zero-order valence-electron chi connectivity index (χ0n) is 15.2. The Bertz CT molecular complexity index is 653. The lowest BCUT2D eigenvalue weighted by atomic mass is 9.97. The monoisotopic (exact) mass is 434 g/mol. The van der Waals surface area contributed by atoms with E-state index in [1.54, 1.807) is 0 Å². The first-order valence-corrected chi connectivity index (χ1v) is 10.7. The number of hydrogen-bond acceptors (Lipinski definition) is 12. The average Bonchev–Trinajstić information content (AvgIpc) is 3.23. The van der Waals surface area contributed by atoms with E-state index >= 15 is 0 Å². The molecule has 2 fully saturated rings. The molecular formula is C16H26N4O6S2. The van der Waals surface area contributed by atoms with Crippen LogP contribution in [0.1, 0.15) is 13.3 Å². The van der Waals surface area contributed by atoms with Crippen LogP contribution >= 0.6 is 23.5 Å². The molecular weight excluding hydrogens is 408 g/mol. The van der Waals surface area contributed by atoms with E-state index in [4.69, 9.17) is 20.9 Å². The molecule has 4 heterocycles. The van der Waals surface area contributed by atoms with Crippen molar-refractivity contribution in [3.8, 4) is 0 Å². The van der Waals surface area contributed by atoms with Crippen molar-refractivity contribution in [2.45, 2.75) is 72.9 Å². The highest BCUT2D eigenvalue weighted by Gasteiger charge is 2.48. The molecule has 0 spiro atoms. The van der Waals surface area contributed by atoms with Gasteiger partial charge in [0.15, 0.2) is 10.3 Å². The first kappa shape index (κ1) is 21.8. The van der Waals surface area contributed by atoms with Crippen LogP contribution < -0.4 is 11.5 Å². The van der Waals surface area contributed by atoms with Crippen molar-refractivity contribution in [2.24, 2.45) is 21.5 Å². The summed E-state index contributed by atoms with van der Waals surface area (Å²) in [5.74, 6) is 0. The Labute approximate surface area is 171 Å². The van der Waals surface area contributed by atoms with Gasteiger partial charge in [0.2, 0.25) is 0 Å². The van der Waals surface area contributed by atoms with Crippen molar-refractivity contribution in [2.75, 3.05) is 0 Å². The minimum Gasteiger partial charge on any atom is -0.388 e. The summed E-state index contributed by atoms with van der Waals surface area (Å²) in [6.07, 6.45) is -2.39. The number of nitrogens with zero attached hydrogens (tertiary/aromatic N) is 2. The predicted molar refractivity (Wildman–Crippen MR) is 108 cm³/mol. The smallest absolute Gasteiger partial charge is 0.157 e. The van der Waals surface area contributed by atoms with Crippen molar-refractivity contribution in [3.05, 3.63) is 12.7 Å². The van der Waals surface area contributed by atoms with Crippen molar-refractivity contribution in [3.63, 3.8) is 0 Å². The molecule has 12 heteroatoms. The summed E-state index contributed by atoms with van der Waals surface area (Å²) in [6, 6.07) is -0.885. The van der Waals surface area contributed by atoms with Gasteiger partial charge >= 0.3 is 0 Å². The minimum absolute atomic E-state index is 0.238. The zero-order valence-corrected chi connectivity index (χ0v) is 16.9. The molecule has 10 atom stereocenters. The zero-order chi connectivity index (χ0) is 20.6. The summed E-state index contributed by atoms with van der Waals surface area (Å²) >= 11 is 2.57. The van der Waals surface area contributed by atoms with Gasteiger partial charge in [-0.3, -0.25) is 9.98 Å². The van der Waals surface area contributed by atoms with Crippen molar-refractivity contribution < 1.29 is 29.9 Å². The molecule has 0 bridgehead atoms. The molecule has 0 unspecified atom stereocenters.